The van der Waals surface area contributed by atoms with E-state index in [1.54, 1.807) is 0 Å². The normalized spacial score (nSPS) is 28.3. The van der Waals surface area contributed by atoms with Crippen molar-refractivity contribution in [2.45, 2.75) is 26.3 Å². The molecule has 1 aliphatic rings. The van der Waals surface area contributed by atoms with Crippen LogP contribution in [0.25, 0.3) is 0 Å². The molecule has 0 aromatic rings. The maximum Gasteiger partial charge on any atom is 0.221 e. The molecule has 0 saturated carbocycles. The summed E-state index contributed by atoms with van der Waals surface area (Å²) >= 11 is 0. The summed E-state index contributed by atoms with van der Waals surface area (Å²) in [5.41, 5.74) is 2.07. The fourth-order valence-electron chi connectivity index (χ4n) is 1.58. The largest absolute Gasteiger partial charge is 0.349 e. The molecular weight excluding hydrogens is 150 g/mol. The average Bonchev–Trinajstić information content (AvgIpc) is 2.31. The van der Waals surface area contributed by atoms with Crippen LogP contribution < -0.4 is 5.32 Å². The van der Waals surface area contributed by atoms with E-state index in [9.17, 15) is 4.79 Å². The third-order valence-corrected chi connectivity index (χ3v) is 2.29. The van der Waals surface area contributed by atoms with E-state index in [0.717, 1.165) is 11.1 Å². The molecule has 2 nitrogen and oxygen atoms in total. The molecule has 2 heteroatoms. The van der Waals surface area contributed by atoms with E-state index in [2.05, 4.69) is 18.5 Å². The van der Waals surface area contributed by atoms with Crippen molar-refractivity contribution in [3.63, 3.8) is 0 Å². The van der Waals surface area contributed by atoms with Gasteiger partial charge in [-0.05, 0) is 13.8 Å². The minimum Gasteiger partial charge on any atom is -0.349 e. The van der Waals surface area contributed by atoms with Gasteiger partial charge in [0.2, 0.25) is 5.91 Å². The van der Waals surface area contributed by atoms with Crippen molar-refractivity contribution in [2.24, 2.45) is 5.92 Å². The summed E-state index contributed by atoms with van der Waals surface area (Å²) in [6.07, 6.45) is 0.562. The Hall–Kier alpha value is -1.05. The molecule has 1 rings (SSSR count). The molecule has 1 fully saturated rings. The molecule has 1 saturated heterocycles. The minimum atomic E-state index is 0.106. The number of hydrogen-bond acceptors (Lipinski definition) is 1. The van der Waals surface area contributed by atoms with Crippen molar-refractivity contribution >= 4 is 5.91 Å². The highest BCUT2D eigenvalue weighted by atomic mass is 16.2. The van der Waals surface area contributed by atoms with Crippen molar-refractivity contribution in [2.75, 3.05) is 0 Å². The molecule has 2 atom stereocenters. The summed E-state index contributed by atoms with van der Waals surface area (Å²) in [5, 5.41) is 2.89. The van der Waals surface area contributed by atoms with Gasteiger partial charge in [-0.25, -0.2) is 0 Å². The zero-order valence-electron chi connectivity index (χ0n) is 7.68. The van der Waals surface area contributed by atoms with Gasteiger partial charge in [-0.2, -0.15) is 0 Å². The first-order chi connectivity index (χ1) is 5.52. The Labute approximate surface area is 73.4 Å². The van der Waals surface area contributed by atoms with Crippen LogP contribution in [0.5, 0.6) is 0 Å². The lowest BCUT2D eigenvalue weighted by Gasteiger charge is -2.18. The second-order valence-corrected chi connectivity index (χ2v) is 3.55. The van der Waals surface area contributed by atoms with Crippen LogP contribution >= 0.6 is 0 Å². The fourth-order valence-corrected chi connectivity index (χ4v) is 1.58. The highest BCUT2D eigenvalue weighted by Crippen LogP contribution is 2.26. The lowest BCUT2D eigenvalue weighted by atomic mass is 9.90. The number of rotatable bonds is 2. The lowest BCUT2D eigenvalue weighted by molar-refractivity contribution is -0.119. The zero-order valence-corrected chi connectivity index (χ0v) is 7.68. The van der Waals surface area contributed by atoms with Gasteiger partial charge in [-0.1, -0.05) is 24.3 Å². The van der Waals surface area contributed by atoms with E-state index in [0.29, 0.717) is 6.42 Å². The Balaban J connectivity index is 2.79. The molecular formula is C10H15NO. The van der Waals surface area contributed by atoms with E-state index in [1.165, 1.54) is 0 Å². The quantitative estimate of drug-likeness (QED) is 0.619. The smallest absolute Gasteiger partial charge is 0.221 e. The summed E-state index contributed by atoms with van der Waals surface area (Å²) in [7, 11) is 0. The topological polar surface area (TPSA) is 29.1 Å². The van der Waals surface area contributed by atoms with Crippen LogP contribution in [0.3, 0.4) is 0 Å². The van der Waals surface area contributed by atoms with Gasteiger partial charge in [-0.15, -0.1) is 0 Å². The van der Waals surface area contributed by atoms with E-state index >= 15 is 0 Å². The van der Waals surface area contributed by atoms with Crippen LogP contribution in [0.1, 0.15) is 20.3 Å². The maximum atomic E-state index is 11.1. The number of carbonyl (C=O) groups is 1. The maximum absolute atomic E-state index is 11.1. The van der Waals surface area contributed by atoms with Gasteiger partial charge in [0.25, 0.3) is 0 Å². The predicted octanol–water partition coefficient (Wildman–Crippen LogP) is 1.64. The molecule has 1 amide bonds. The summed E-state index contributed by atoms with van der Waals surface area (Å²) in [4.78, 5) is 11.1. The number of nitrogens with one attached hydrogen (secondary N) is 1. The zero-order chi connectivity index (χ0) is 9.30. The molecule has 2 unspecified atom stereocenters. The lowest BCUT2D eigenvalue weighted by Crippen LogP contribution is -2.29. The Morgan fingerprint density at radius 3 is 2.33 bits per heavy atom. The Morgan fingerprint density at radius 1 is 1.42 bits per heavy atom. The number of carbonyl (C=O) groups excluding carboxylic acids is 1. The SMILES string of the molecule is C=C(C)C1CC(=O)NC1C(=C)C. The summed E-state index contributed by atoms with van der Waals surface area (Å²) in [6.45, 7) is 11.6. The highest BCUT2D eigenvalue weighted by Gasteiger charge is 2.32. The van der Waals surface area contributed by atoms with Gasteiger partial charge in [-0.3, -0.25) is 4.79 Å². The molecule has 0 aromatic carbocycles. The van der Waals surface area contributed by atoms with E-state index in [-0.39, 0.29) is 17.9 Å². The third-order valence-electron chi connectivity index (χ3n) is 2.29. The first-order valence-electron chi connectivity index (χ1n) is 4.12. The molecule has 0 aromatic heterocycles. The molecule has 66 valence electrons. The fraction of sp³-hybridized carbons (Fsp3) is 0.500. The first kappa shape index (κ1) is 9.04. The van der Waals surface area contributed by atoms with E-state index < -0.39 is 0 Å². The molecule has 0 spiro atoms. The van der Waals surface area contributed by atoms with Gasteiger partial charge >= 0.3 is 0 Å². The molecule has 0 bridgehead atoms. The standard InChI is InChI=1S/C10H15NO/c1-6(2)8-5-9(12)11-10(8)7(3)4/h8,10H,1,3,5H2,2,4H3,(H,11,12). The van der Waals surface area contributed by atoms with Crippen molar-refractivity contribution in [3.8, 4) is 0 Å². The van der Waals surface area contributed by atoms with Crippen LogP contribution in [0.2, 0.25) is 0 Å². The molecule has 1 aliphatic heterocycles. The van der Waals surface area contributed by atoms with Gasteiger partial charge in [0.1, 0.15) is 0 Å². The van der Waals surface area contributed by atoms with Gasteiger partial charge < -0.3 is 5.32 Å². The van der Waals surface area contributed by atoms with E-state index in [1.807, 2.05) is 13.8 Å². The Bertz CT molecular complexity index is 218. The summed E-state index contributed by atoms with van der Waals surface area (Å²) in [5.74, 6) is 0.353. The number of amides is 1. The predicted molar refractivity (Wildman–Crippen MR) is 49.7 cm³/mol. The Morgan fingerprint density at radius 2 is 2.00 bits per heavy atom. The van der Waals surface area contributed by atoms with Crippen LogP contribution in [-0.2, 0) is 4.79 Å². The van der Waals surface area contributed by atoms with Crippen LogP contribution in [0.4, 0.5) is 0 Å². The molecule has 12 heavy (non-hydrogen) atoms. The van der Waals surface area contributed by atoms with Gasteiger partial charge in [0.05, 0.1) is 6.04 Å². The average molecular weight is 165 g/mol. The molecule has 0 aliphatic carbocycles. The molecule has 1 N–H and O–H groups in total. The summed E-state index contributed by atoms with van der Waals surface area (Å²) in [6, 6.07) is 0.106. The van der Waals surface area contributed by atoms with E-state index in [4.69, 9.17) is 0 Å². The van der Waals surface area contributed by atoms with Crippen molar-refractivity contribution < 1.29 is 4.79 Å². The van der Waals surface area contributed by atoms with Crippen molar-refractivity contribution in [1.29, 1.82) is 0 Å². The Kier molecular flexibility index (Phi) is 2.36. The summed E-state index contributed by atoms with van der Waals surface area (Å²) < 4.78 is 0. The van der Waals surface area contributed by atoms with Crippen LogP contribution in [0.15, 0.2) is 24.3 Å². The number of hydrogen-bond donors (Lipinski definition) is 1. The molecule has 1 heterocycles. The minimum absolute atomic E-state index is 0.106. The monoisotopic (exact) mass is 165 g/mol. The highest BCUT2D eigenvalue weighted by molar-refractivity contribution is 5.80. The second kappa shape index (κ2) is 3.13. The van der Waals surface area contributed by atoms with Crippen molar-refractivity contribution in [3.05, 3.63) is 24.3 Å². The third kappa shape index (κ3) is 1.58. The first-order valence-corrected chi connectivity index (χ1v) is 4.12. The van der Waals surface area contributed by atoms with Crippen molar-refractivity contribution in [1.82, 2.24) is 5.32 Å². The van der Waals surface area contributed by atoms with Gasteiger partial charge in [0, 0.05) is 12.3 Å². The van der Waals surface area contributed by atoms with Gasteiger partial charge in [0.15, 0.2) is 0 Å². The van der Waals surface area contributed by atoms with Crippen LogP contribution in [0, 0.1) is 5.92 Å². The second-order valence-electron chi connectivity index (χ2n) is 3.55. The molecule has 0 radical (unpaired) electrons. The van der Waals surface area contributed by atoms with Crippen LogP contribution in [-0.4, -0.2) is 11.9 Å².